The largest absolute Gasteiger partial charge is 0.489 e. The van der Waals surface area contributed by atoms with Gasteiger partial charge in [-0.15, -0.1) is 0 Å². The SMILES string of the molecule is CS(=O)(=O)c1cc2nc(O)c(O)nc2cc1Cl. The lowest BCUT2D eigenvalue weighted by molar-refractivity contribution is 0.378. The summed E-state index contributed by atoms with van der Waals surface area (Å²) in [5, 5.41) is 18.3. The number of hydrogen-bond acceptors (Lipinski definition) is 6. The Bertz CT molecular complexity index is 714. The van der Waals surface area contributed by atoms with Gasteiger partial charge >= 0.3 is 0 Å². The number of rotatable bonds is 1. The molecule has 2 N–H and O–H groups in total. The topological polar surface area (TPSA) is 100 Å². The van der Waals surface area contributed by atoms with Crippen LogP contribution in [0.25, 0.3) is 11.0 Å². The van der Waals surface area contributed by atoms with E-state index in [1.807, 2.05) is 0 Å². The summed E-state index contributed by atoms with van der Waals surface area (Å²) >= 11 is 5.79. The van der Waals surface area contributed by atoms with Gasteiger partial charge < -0.3 is 10.2 Å². The molecule has 0 saturated carbocycles. The van der Waals surface area contributed by atoms with Crippen LogP contribution in [-0.2, 0) is 9.84 Å². The molecule has 0 spiro atoms. The van der Waals surface area contributed by atoms with Crippen LogP contribution in [0.1, 0.15) is 0 Å². The van der Waals surface area contributed by atoms with Gasteiger partial charge in [-0.05, 0) is 12.1 Å². The fourth-order valence-electron chi connectivity index (χ4n) is 1.32. The lowest BCUT2D eigenvalue weighted by Crippen LogP contribution is -1.99. The van der Waals surface area contributed by atoms with Crippen LogP contribution in [0.4, 0.5) is 0 Å². The van der Waals surface area contributed by atoms with E-state index in [-0.39, 0.29) is 21.0 Å². The summed E-state index contributed by atoms with van der Waals surface area (Å²) < 4.78 is 22.8. The van der Waals surface area contributed by atoms with Crippen molar-refractivity contribution in [3.8, 4) is 11.8 Å². The number of halogens is 1. The second kappa shape index (κ2) is 3.71. The van der Waals surface area contributed by atoms with Crippen LogP contribution >= 0.6 is 11.6 Å². The Labute approximate surface area is 101 Å². The molecule has 0 aliphatic carbocycles. The third-order valence-electron chi connectivity index (χ3n) is 2.08. The molecule has 2 aromatic rings. The van der Waals surface area contributed by atoms with Crippen molar-refractivity contribution in [3.63, 3.8) is 0 Å². The van der Waals surface area contributed by atoms with E-state index in [1.54, 1.807) is 0 Å². The maximum atomic E-state index is 11.4. The number of fused-ring (bicyclic) bond motifs is 1. The van der Waals surface area contributed by atoms with Gasteiger partial charge in [0.1, 0.15) is 0 Å². The van der Waals surface area contributed by atoms with E-state index >= 15 is 0 Å². The van der Waals surface area contributed by atoms with Crippen LogP contribution in [0.3, 0.4) is 0 Å². The van der Waals surface area contributed by atoms with Crippen molar-refractivity contribution in [2.45, 2.75) is 4.90 Å². The third-order valence-corrected chi connectivity index (χ3v) is 3.64. The molecule has 0 unspecified atom stereocenters. The smallest absolute Gasteiger partial charge is 0.276 e. The summed E-state index contributed by atoms with van der Waals surface area (Å²) in [4.78, 5) is 7.13. The zero-order valence-electron chi connectivity index (χ0n) is 8.55. The summed E-state index contributed by atoms with van der Waals surface area (Å²) in [5.74, 6) is -1.31. The van der Waals surface area contributed by atoms with Gasteiger partial charge in [0.2, 0.25) is 0 Å². The van der Waals surface area contributed by atoms with Crippen molar-refractivity contribution < 1.29 is 18.6 Å². The molecule has 0 aliphatic heterocycles. The number of aromatic nitrogens is 2. The Kier molecular flexibility index (Phi) is 2.59. The number of benzene rings is 1. The third kappa shape index (κ3) is 2.11. The monoisotopic (exact) mass is 274 g/mol. The molecule has 1 aromatic carbocycles. The fourth-order valence-corrected chi connectivity index (χ4v) is 2.64. The number of sulfone groups is 1. The quantitative estimate of drug-likeness (QED) is 0.807. The van der Waals surface area contributed by atoms with Crippen molar-refractivity contribution in [2.24, 2.45) is 0 Å². The highest BCUT2D eigenvalue weighted by atomic mass is 35.5. The molecule has 1 aromatic heterocycles. The van der Waals surface area contributed by atoms with E-state index in [4.69, 9.17) is 16.7 Å². The molecule has 0 aliphatic rings. The highest BCUT2D eigenvalue weighted by molar-refractivity contribution is 7.90. The molecular formula is C9H7ClN2O4S. The first-order chi connectivity index (χ1) is 7.79. The van der Waals surface area contributed by atoms with Crippen LogP contribution in [0.15, 0.2) is 17.0 Å². The van der Waals surface area contributed by atoms with Gasteiger partial charge in [0, 0.05) is 6.26 Å². The van der Waals surface area contributed by atoms with Gasteiger partial charge in [0.15, 0.2) is 9.84 Å². The van der Waals surface area contributed by atoms with Crippen LogP contribution in [0.5, 0.6) is 11.8 Å². The van der Waals surface area contributed by atoms with Gasteiger partial charge in [-0.2, -0.15) is 0 Å². The summed E-state index contributed by atoms with van der Waals surface area (Å²) in [6.07, 6.45) is 1.01. The Morgan fingerprint density at radius 1 is 1.12 bits per heavy atom. The predicted molar refractivity (Wildman–Crippen MR) is 61.0 cm³/mol. The molecule has 0 bridgehead atoms. The van der Waals surface area contributed by atoms with E-state index in [9.17, 15) is 13.5 Å². The molecule has 0 amide bonds. The predicted octanol–water partition coefficient (Wildman–Crippen LogP) is 1.10. The van der Waals surface area contributed by atoms with Crippen LogP contribution in [-0.4, -0.2) is 34.9 Å². The first kappa shape index (κ1) is 11.9. The van der Waals surface area contributed by atoms with Crippen LogP contribution in [0, 0.1) is 0 Å². The molecular weight excluding hydrogens is 268 g/mol. The molecule has 0 fully saturated rings. The lowest BCUT2D eigenvalue weighted by atomic mass is 10.3. The van der Waals surface area contributed by atoms with E-state index < -0.39 is 21.6 Å². The van der Waals surface area contributed by atoms with Gasteiger partial charge in [0.05, 0.1) is 21.0 Å². The second-order valence-corrected chi connectivity index (χ2v) is 5.81. The van der Waals surface area contributed by atoms with Gasteiger partial charge in [-0.1, -0.05) is 11.6 Å². The zero-order chi connectivity index (χ0) is 12.8. The zero-order valence-corrected chi connectivity index (χ0v) is 10.1. The number of nitrogens with zero attached hydrogens (tertiary/aromatic N) is 2. The molecule has 0 atom stereocenters. The Morgan fingerprint density at radius 3 is 2.06 bits per heavy atom. The molecule has 6 nitrogen and oxygen atoms in total. The van der Waals surface area contributed by atoms with Crippen molar-refractivity contribution in [2.75, 3.05) is 6.26 Å². The van der Waals surface area contributed by atoms with Gasteiger partial charge in [-0.25, -0.2) is 18.4 Å². The fraction of sp³-hybridized carbons (Fsp3) is 0.111. The van der Waals surface area contributed by atoms with Crippen molar-refractivity contribution in [1.29, 1.82) is 0 Å². The first-order valence-electron chi connectivity index (χ1n) is 4.38. The minimum absolute atomic E-state index is 0.0145. The molecule has 1 heterocycles. The molecule has 0 saturated heterocycles. The minimum atomic E-state index is -3.49. The number of hydrogen-bond donors (Lipinski definition) is 2. The summed E-state index contributed by atoms with van der Waals surface area (Å²) in [7, 11) is -3.49. The molecule has 8 heteroatoms. The Balaban J connectivity index is 2.86. The maximum absolute atomic E-state index is 11.4. The average Bonchev–Trinajstić information content (AvgIpc) is 2.18. The summed E-state index contributed by atoms with van der Waals surface area (Å²) in [5.41, 5.74) is 0.322. The van der Waals surface area contributed by atoms with Crippen molar-refractivity contribution >= 4 is 32.5 Å². The van der Waals surface area contributed by atoms with Crippen LogP contribution in [0.2, 0.25) is 5.02 Å². The van der Waals surface area contributed by atoms with E-state index in [2.05, 4.69) is 9.97 Å². The highest BCUT2D eigenvalue weighted by Crippen LogP contribution is 2.29. The molecule has 90 valence electrons. The molecule has 17 heavy (non-hydrogen) atoms. The molecule has 2 rings (SSSR count). The van der Waals surface area contributed by atoms with E-state index in [1.165, 1.54) is 12.1 Å². The standard InChI is InChI=1S/C9H7ClN2O4S/c1-17(15,16)7-3-6-5(2-4(7)10)11-8(13)9(14)12-6/h2-3H,1H3,(H,11,13)(H,12,14). The van der Waals surface area contributed by atoms with E-state index in [0.717, 1.165) is 6.26 Å². The van der Waals surface area contributed by atoms with Gasteiger partial charge in [0.25, 0.3) is 11.8 Å². The lowest BCUT2D eigenvalue weighted by Gasteiger charge is -2.04. The van der Waals surface area contributed by atoms with Crippen LogP contribution < -0.4 is 0 Å². The average molecular weight is 275 g/mol. The summed E-state index contributed by atoms with van der Waals surface area (Å²) in [6.45, 7) is 0. The second-order valence-electron chi connectivity index (χ2n) is 3.41. The highest BCUT2D eigenvalue weighted by Gasteiger charge is 2.16. The normalized spacial score (nSPS) is 11.9. The number of aromatic hydroxyl groups is 2. The Hall–Kier alpha value is -1.60. The maximum Gasteiger partial charge on any atom is 0.276 e. The minimum Gasteiger partial charge on any atom is -0.489 e. The Morgan fingerprint density at radius 2 is 1.59 bits per heavy atom. The van der Waals surface area contributed by atoms with Crippen molar-refractivity contribution in [1.82, 2.24) is 9.97 Å². The van der Waals surface area contributed by atoms with E-state index in [0.29, 0.717) is 0 Å². The molecule has 0 radical (unpaired) electrons. The van der Waals surface area contributed by atoms with Crippen molar-refractivity contribution in [3.05, 3.63) is 17.2 Å². The first-order valence-corrected chi connectivity index (χ1v) is 6.65. The van der Waals surface area contributed by atoms with Gasteiger partial charge in [-0.3, -0.25) is 0 Å². The summed E-state index contributed by atoms with van der Waals surface area (Å²) in [6, 6.07) is 2.46.